The van der Waals surface area contributed by atoms with Gasteiger partial charge in [-0.15, -0.1) is 0 Å². The van der Waals surface area contributed by atoms with E-state index in [1.807, 2.05) is 0 Å². The lowest BCUT2D eigenvalue weighted by Gasteiger charge is -2.29. The largest absolute Gasteiger partial charge is 0.379 e. The predicted octanol–water partition coefficient (Wildman–Crippen LogP) is 3.78. The molecule has 0 aromatic carbocycles. The summed E-state index contributed by atoms with van der Waals surface area (Å²) in [5, 5.41) is 0. The van der Waals surface area contributed by atoms with Gasteiger partial charge in [-0.05, 0) is 19.5 Å². The van der Waals surface area contributed by atoms with E-state index < -0.39 is 0 Å². The van der Waals surface area contributed by atoms with Crippen molar-refractivity contribution in [2.75, 3.05) is 52.5 Å². The smallest absolute Gasteiger partial charge is 0.0594 e. The quantitative estimate of drug-likeness (QED) is 0.481. The second-order valence-electron chi connectivity index (χ2n) is 6.36. The van der Waals surface area contributed by atoms with Gasteiger partial charge < -0.3 is 9.64 Å². The van der Waals surface area contributed by atoms with Crippen molar-refractivity contribution in [3.8, 4) is 0 Å². The summed E-state index contributed by atoms with van der Waals surface area (Å²) < 4.78 is 5.40. The Labute approximate surface area is 133 Å². The number of likely N-dealkylation sites (N-methyl/N-ethyl adjacent to an activating group) is 1. The lowest BCUT2D eigenvalue weighted by Crippen LogP contribution is -2.41. The molecule has 0 bridgehead atoms. The molecule has 1 saturated heterocycles. The van der Waals surface area contributed by atoms with E-state index in [0.717, 1.165) is 26.3 Å². The molecule has 1 aliphatic heterocycles. The summed E-state index contributed by atoms with van der Waals surface area (Å²) in [6.07, 6.45) is 11.3. The van der Waals surface area contributed by atoms with Crippen LogP contribution in [0.4, 0.5) is 0 Å². The van der Waals surface area contributed by atoms with E-state index in [-0.39, 0.29) is 0 Å². The third-order valence-electron chi connectivity index (χ3n) is 4.61. The van der Waals surface area contributed by atoms with Gasteiger partial charge in [0.2, 0.25) is 0 Å². The molecule has 0 unspecified atom stereocenters. The van der Waals surface area contributed by atoms with E-state index in [4.69, 9.17) is 4.74 Å². The molecule has 1 rings (SSSR count). The number of ether oxygens (including phenoxy) is 1. The average Bonchev–Trinajstić information content (AvgIpc) is 2.54. The Kier molecular flexibility index (Phi) is 12.2. The summed E-state index contributed by atoms with van der Waals surface area (Å²) in [4.78, 5) is 5.16. The Hall–Kier alpha value is -0.120. The van der Waals surface area contributed by atoms with Gasteiger partial charge in [-0.2, -0.15) is 0 Å². The number of unbranched alkanes of at least 4 members (excludes halogenated alkanes) is 7. The third kappa shape index (κ3) is 10.3. The second kappa shape index (κ2) is 13.5. The zero-order valence-electron chi connectivity index (χ0n) is 14.6. The molecule has 21 heavy (non-hydrogen) atoms. The highest BCUT2D eigenvalue weighted by Gasteiger charge is 2.11. The van der Waals surface area contributed by atoms with Gasteiger partial charge in [0, 0.05) is 26.2 Å². The lowest BCUT2D eigenvalue weighted by atomic mass is 10.1. The van der Waals surface area contributed by atoms with E-state index in [1.165, 1.54) is 77.5 Å². The molecule has 0 spiro atoms. The Morgan fingerprint density at radius 3 is 2.05 bits per heavy atom. The maximum absolute atomic E-state index is 5.40. The molecule has 126 valence electrons. The van der Waals surface area contributed by atoms with Crippen molar-refractivity contribution in [2.24, 2.45) is 0 Å². The maximum Gasteiger partial charge on any atom is 0.0594 e. The second-order valence-corrected chi connectivity index (χ2v) is 6.36. The molecule has 3 nitrogen and oxygen atoms in total. The highest BCUT2D eigenvalue weighted by atomic mass is 16.5. The first-order chi connectivity index (χ1) is 10.4. The fourth-order valence-electron chi connectivity index (χ4n) is 3.00. The van der Waals surface area contributed by atoms with Crippen LogP contribution in [0, 0.1) is 0 Å². The minimum Gasteiger partial charge on any atom is -0.379 e. The SMILES string of the molecule is CCCCCCCCCCN(CC)CCN1CCOCC1. The molecular weight excluding hydrogens is 260 g/mol. The van der Waals surface area contributed by atoms with Gasteiger partial charge in [0.25, 0.3) is 0 Å². The van der Waals surface area contributed by atoms with Crippen LogP contribution in [0.2, 0.25) is 0 Å². The van der Waals surface area contributed by atoms with Crippen LogP contribution < -0.4 is 0 Å². The van der Waals surface area contributed by atoms with Gasteiger partial charge >= 0.3 is 0 Å². The van der Waals surface area contributed by atoms with Crippen LogP contribution in [0.1, 0.15) is 65.2 Å². The molecule has 1 fully saturated rings. The summed E-state index contributed by atoms with van der Waals surface area (Å²) in [5.41, 5.74) is 0. The summed E-state index contributed by atoms with van der Waals surface area (Å²) in [7, 11) is 0. The lowest BCUT2D eigenvalue weighted by molar-refractivity contribution is 0.0335. The van der Waals surface area contributed by atoms with Crippen LogP contribution in [0.3, 0.4) is 0 Å². The summed E-state index contributed by atoms with van der Waals surface area (Å²) >= 11 is 0. The summed E-state index contributed by atoms with van der Waals surface area (Å²) in [5.74, 6) is 0. The minimum atomic E-state index is 0.921. The van der Waals surface area contributed by atoms with Crippen LogP contribution in [0.5, 0.6) is 0 Å². The Bertz CT molecular complexity index is 217. The molecule has 0 radical (unpaired) electrons. The fourth-order valence-corrected chi connectivity index (χ4v) is 3.00. The normalized spacial score (nSPS) is 16.7. The van der Waals surface area contributed by atoms with E-state index in [0.29, 0.717) is 0 Å². The van der Waals surface area contributed by atoms with Crippen molar-refractivity contribution in [3.63, 3.8) is 0 Å². The van der Waals surface area contributed by atoms with E-state index in [1.54, 1.807) is 0 Å². The molecule has 3 heteroatoms. The molecule has 0 aromatic rings. The topological polar surface area (TPSA) is 15.7 Å². The van der Waals surface area contributed by atoms with Gasteiger partial charge in [0.1, 0.15) is 0 Å². The molecule has 1 heterocycles. The molecular formula is C18H38N2O. The molecule has 0 saturated carbocycles. The molecule has 1 aliphatic rings. The maximum atomic E-state index is 5.40. The first kappa shape index (κ1) is 18.9. The Morgan fingerprint density at radius 1 is 0.810 bits per heavy atom. The monoisotopic (exact) mass is 298 g/mol. The first-order valence-corrected chi connectivity index (χ1v) is 9.39. The van der Waals surface area contributed by atoms with E-state index >= 15 is 0 Å². The van der Waals surface area contributed by atoms with Crippen LogP contribution in [-0.2, 0) is 4.74 Å². The summed E-state index contributed by atoms with van der Waals surface area (Å²) in [6, 6.07) is 0. The van der Waals surface area contributed by atoms with Crippen molar-refractivity contribution in [1.29, 1.82) is 0 Å². The number of rotatable bonds is 13. The first-order valence-electron chi connectivity index (χ1n) is 9.39. The minimum absolute atomic E-state index is 0.921. The van der Waals surface area contributed by atoms with Crippen LogP contribution >= 0.6 is 0 Å². The standard InChI is InChI=1S/C18H38N2O/c1-3-5-6-7-8-9-10-11-12-19(4-2)13-14-20-15-17-21-18-16-20/h3-18H2,1-2H3. The van der Waals surface area contributed by atoms with Crippen molar-refractivity contribution in [2.45, 2.75) is 65.2 Å². The number of hydrogen-bond donors (Lipinski definition) is 0. The predicted molar refractivity (Wildman–Crippen MR) is 92.0 cm³/mol. The van der Waals surface area contributed by atoms with E-state index in [2.05, 4.69) is 23.6 Å². The van der Waals surface area contributed by atoms with Crippen molar-refractivity contribution in [1.82, 2.24) is 9.80 Å². The molecule has 0 N–H and O–H groups in total. The van der Waals surface area contributed by atoms with Crippen LogP contribution in [-0.4, -0.2) is 62.3 Å². The average molecular weight is 299 g/mol. The van der Waals surface area contributed by atoms with Gasteiger partial charge in [0.15, 0.2) is 0 Å². The van der Waals surface area contributed by atoms with Gasteiger partial charge in [0.05, 0.1) is 13.2 Å². The zero-order chi connectivity index (χ0) is 15.2. The van der Waals surface area contributed by atoms with E-state index in [9.17, 15) is 0 Å². The number of nitrogens with zero attached hydrogens (tertiary/aromatic N) is 2. The Morgan fingerprint density at radius 2 is 1.43 bits per heavy atom. The highest BCUT2D eigenvalue weighted by molar-refractivity contribution is 4.65. The number of hydrogen-bond acceptors (Lipinski definition) is 3. The van der Waals surface area contributed by atoms with Crippen molar-refractivity contribution >= 4 is 0 Å². The molecule has 0 atom stereocenters. The summed E-state index contributed by atoms with van der Waals surface area (Å²) in [6.45, 7) is 13.6. The highest BCUT2D eigenvalue weighted by Crippen LogP contribution is 2.09. The fraction of sp³-hybridized carbons (Fsp3) is 1.00. The molecule has 0 amide bonds. The van der Waals surface area contributed by atoms with Gasteiger partial charge in [-0.3, -0.25) is 4.90 Å². The van der Waals surface area contributed by atoms with Crippen molar-refractivity contribution < 1.29 is 4.74 Å². The zero-order valence-corrected chi connectivity index (χ0v) is 14.6. The van der Waals surface area contributed by atoms with Gasteiger partial charge in [-0.25, -0.2) is 0 Å². The van der Waals surface area contributed by atoms with Crippen LogP contribution in [0.25, 0.3) is 0 Å². The van der Waals surface area contributed by atoms with Gasteiger partial charge in [-0.1, -0.05) is 58.8 Å². The third-order valence-corrected chi connectivity index (χ3v) is 4.61. The number of morpholine rings is 1. The van der Waals surface area contributed by atoms with Crippen molar-refractivity contribution in [3.05, 3.63) is 0 Å². The Balaban J connectivity index is 1.92. The molecule has 0 aromatic heterocycles. The molecule has 0 aliphatic carbocycles. The van der Waals surface area contributed by atoms with Crippen LogP contribution in [0.15, 0.2) is 0 Å².